The summed E-state index contributed by atoms with van der Waals surface area (Å²) in [6, 6.07) is 5.91. The molecule has 0 heterocycles. The van der Waals surface area contributed by atoms with Crippen LogP contribution in [-0.4, -0.2) is 26.3 Å². The zero-order chi connectivity index (χ0) is 12.7. The number of ether oxygens (including phenoxy) is 1. The molecule has 1 rings (SSSR count). The van der Waals surface area contributed by atoms with Gasteiger partial charge in [0.25, 0.3) is 0 Å². The summed E-state index contributed by atoms with van der Waals surface area (Å²) in [5, 5.41) is 4.83. The lowest BCUT2D eigenvalue weighted by Gasteiger charge is -2.18. The summed E-state index contributed by atoms with van der Waals surface area (Å²) in [5.41, 5.74) is 1.10. The van der Waals surface area contributed by atoms with Crippen molar-refractivity contribution in [2.45, 2.75) is 25.8 Å². The van der Waals surface area contributed by atoms with Gasteiger partial charge in [0, 0.05) is 23.2 Å². The van der Waals surface area contributed by atoms with E-state index < -0.39 is 0 Å². The van der Waals surface area contributed by atoms with E-state index in [9.17, 15) is 0 Å². The van der Waals surface area contributed by atoms with Crippen molar-refractivity contribution in [3.63, 3.8) is 0 Å². The molecule has 17 heavy (non-hydrogen) atoms. The first-order chi connectivity index (χ1) is 8.17. The van der Waals surface area contributed by atoms with Crippen LogP contribution in [0.1, 0.15) is 18.9 Å². The average molecular weight is 276 g/mol. The van der Waals surface area contributed by atoms with Crippen molar-refractivity contribution in [2.75, 3.05) is 20.3 Å². The fourth-order valence-electron chi connectivity index (χ4n) is 1.69. The van der Waals surface area contributed by atoms with Gasteiger partial charge in [-0.3, -0.25) is 0 Å². The van der Waals surface area contributed by atoms with Crippen molar-refractivity contribution >= 4 is 23.2 Å². The Balaban J connectivity index is 2.64. The van der Waals surface area contributed by atoms with Gasteiger partial charge in [0.15, 0.2) is 0 Å². The Morgan fingerprint density at radius 2 is 2.12 bits per heavy atom. The molecule has 0 radical (unpaired) electrons. The predicted octanol–water partition coefficient (Wildman–Crippen LogP) is 3.55. The van der Waals surface area contributed by atoms with E-state index in [0.29, 0.717) is 17.7 Å². The molecule has 0 bridgehead atoms. The molecule has 1 aromatic carbocycles. The van der Waals surface area contributed by atoms with Gasteiger partial charge in [-0.15, -0.1) is 0 Å². The first-order valence-electron chi connectivity index (χ1n) is 5.83. The van der Waals surface area contributed by atoms with E-state index in [1.807, 2.05) is 12.1 Å². The SMILES string of the molecule is CCCNC(COC)Cc1ccc(Cl)cc1Cl. The van der Waals surface area contributed by atoms with E-state index in [4.69, 9.17) is 27.9 Å². The van der Waals surface area contributed by atoms with Crippen molar-refractivity contribution in [3.8, 4) is 0 Å². The summed E-state index contributed by atoms with van der Waals surface area (Å²) in [7, 11) is 1.71. The van der Waals surface area contributed by atoms with Crippen LogP contribution in [0.25, 0.3) is 0 Å². The molecule has 0 amide bonds. The van der Waals surface area contributed by atoms with Crippen LogP contribution in [0.2, 0.25) is 10.0 Å². The molecule has 1 atom stereocenters. The van der Waals surface area contributed by atoms with Crippen molar-refractivity contribution < 1.29 is 4.74 Å². The first kappa shape index (κ1) is 14.8. The third-order valence-corrected chi connectivity index (χ3v) is 3.12. The Labute approximate surface area is 113 Å². The van der Waals surface area contributed by atoms with Crippen molar-refractivity contribution in [1.82, 2.24) is 5.32 Å². The Hall–Kier alpha value is -0.280. The van der Waals surface area contributed by atoms with E-state index in [1.54, 1.807) is 13.2 Å². The van der Waals surface area contributed by atoms with Gasteiger partial charge in [-0.25, -0.2) is 0 Å². The molecule has 0 saturated heterocycles. The smallest absolute Gasteiger partial charge is 0.0619 e. The molecule has 96 valence electrons. The van der Waals surface area contributed by atoms with Gasteiger partial charge < -0.3 is 10.1 Å². The topological polar surface area (TPSA) is 21.3 Å². The summed E-state index contributed by atoms with van der Waals surface area (Å²) in [6.45, 7) is 3.81. The molecule has 0 aliphatic carbocycles. The number of hydrogen-bond acceptors (Lipinski definition) is 2. The van der Waals surface area contributed by atoms with Crippen molar-refractivity contribution in [1.29, 1.82) is 0 Å². The average Bonchev–Trinajstić information content (AvgIpc) is 2.29. The number of hydrogen-bond donors (Lipinski definition) is 1. The van der Waals surface area contributed by atoms with Crippen LogP contribution in [0.4, 0.5) is 0 Å². The molecule has 2 nitrogen and oxygen atoms in total. The van der Waals surface area contributed by atoms with Crippen LogP contribution in [0.15, 0.2) is 18.2 Å². The maximum Gasteiger partial charge on any atom is 0.0619 e. The Morgan fingerprint density at radius 3 is 2.71 bits per heavy atom. The van der Waals surface area contributed by atoms with Crippen LogP contribution in [0.5, 0.6) is 0 Å². The quantitative estimate of drug-likeness (QED) is 0.822. The minimum Gasteiger partial charge on any atom is -0.383 e. The minimum atomic E-state index is 0.290. The monoisotopic (exact) mass is 275 g/mol. The number of nitrogens with one attached hydrogen (secondary N) is 1. The maximum absolute atomic E-state index is 6.15. The van der Waals surface area contributed by atoms with E-state index in [0.717, 1.165) is 30.0 Å². The largest absolute Gasteiger partial charge is 0.383 e. The highest BCUT2D eigenvalue weighted by molar-refractivity contribution is 6.35. The minimum absolute atomic E-state index is 0.290. The van der Waals surface area contributed by atoms with Crippen molar-refractivity contribution in [2.24, 2.45) is 0 Å². The number of methoxy groups -OCH3 is 1. The normalized spacial score (nSPS) is 12.7. The Morgan fingerprint density at radius 1 is 1.35 bits per heavy atom. The van der Waals surface area contributed by atoms with Gasteiger partial charge in [-0.05, 0) is 37.1 Å². The molecule has 0 aliphatic rings. The molecule has 1 N–H and O–H groups in total. The highest BCUT2D eigenvalue weighted by atomic mass is 35.5. The third-order valence-electron chi connectivity index (χ3n) is 2.53. The van der Waals surface area contributed by atoms with Crippen LogP contribution in [0, 0.1) is 0 Å². The molecule has 0 aliphatic heterocycles. The molecular formula is C13H19Cl2NO. The van der Waals surface area contributed by atoms with Crippen LogP contribution in [-0.2, 0) is 11.2 Å². The standard InChI is InChI=1S/C13H19Cl2NO/c1-3-6-16-12(9-17-2)7-10-4-5-11(14)8-13(10)15/h4-5,8,12,16H,3,6-7,9H2,1-2H3. The van der Waals surface area contributed by atoms with Gasteiger partial charge in [0.1, 0.15) is 0 Å². The number of benzene rings is 1. The first-order valence-corrected chi connectivity index (χ1v) is 6.59. The van der Waals surface area contributed by atoms with E-state index in [2.05, 4.69) is 12.2 Å². The van der Waals surface area contributed by atoms with Gasteiger partial charge >= 0.3 is 0 Å². The van der Waals surface area contributed by atoms with Gasteiger partial charge in [0.05, 0.1) is 6.61 Å². The zero-order valence-electron chi connectivity index (χ0n) is 10.3. The number of halogens is 2. The molecule has 0 fully saturated rings. The van der Waals surface area contributed by atoms with Gasteiger partial charge in [-0.1, -0.05) is 36.2 Å². The lowest BCUT2D eigenvalue weighted by Crippen LogP contribution is -2.35. The Kier molecular flexibility index (Phi) is 6.90. The molecular weight excluding hydrogens is 257 g/mol. The Bertz CT molecular complexity index is 344. The highest BCUT2D eigenvalue weighted by Crippen LogP contribution is 2.22. The molecule has 1 aromatic rings. The highest BCUT2D eigenvalue weighted by Gasteiger charge is 2.11. The van der Waals surface area contributed by atoms with Gasteiger partial charge in [-0.2, -0.15) is 0 Å². The lowest BCUT2D eigenvalue weighted by atomic mass is 10.1. The van der Waals surface area contributed by atoms with E-state index >= 15 is 0 Å². The van der Waals surface area contributed by atoms with E-state index in [1.165, 1.54) is 0 Å². The van der Waals surface area contributed by atoms with E-state index in [-0.39, 0.29) is 0 Å². The summed E-state index contributed by atoms with van der Waals surface area (Å²) < 4.78 is 5.21. The molecule has 0 spiro atoms. The molecule has 0 aromatic heterocycles. The fraction of sp³-hybridized carbons (Fsp3) is 0.538. The molecule has 4 heteroatoms. The second-order valence-corrected chi connectivity index (χ2v) is 4.89. The van der Waals surface area contributed by atoms with Crippen molar-refractivity contribution in [3.05, 3.63) is 33.8 Å². The van der Waals surface area contributed by atoms with Crippen LogP contribution in [0.3, 0.4) is 0 Å². The second-order valence-electron chi connectivity index (χ2n) is 4.05. The fourth-order valence-corrected chi connectivity index (χ4v) is 2.18. The third kappa shape index (κ3) is 5.26. The van der Waals surface area contributed by atoms with Gasteiger partial charge in [0.2, 0.25) is 0 Å². The molecule has 1 unspecified atom stereocenters. The predicted molar refractivity (Wildman–Crippen MR) is 74.1 cm³/mol. The van der Waals surface area contributed by atoms with Crippen LogP contribution >= 0.6 is 23.2 Å². The summed E-state index contributed by atoms with van der Waals surface area (Å²) in [5.74, 6) is 0. The lowest BCUT2D eigenvalue weighted by molar-refractivity contribution is 0.166. The summed E-state index contributed by atoms with van der Waals surface area (Å²) >= 11 is 12.0. The zero-order valence-corrected chi connectivity index (χ0v) is 11.8. The maximum atomic E-state index is 6.15. The van der Waals surface area contributed by atoms with Crippen LogP contribution < -0.4 is 5.32 Å². The summed E-state index contributed by atoms with van der Waals surface area (Å²) in [6.07, 6.45) is 1.96. The molecule has 0 saturated carbocycles. The summed E-state index contributed by atoms with van der Waals surface area (Å²) in [4.78, 5) is 0. The second kappa shape index (κ2) is 7.93. The number of rotatable bonds is 7.